The zero-order valence-corrected chi connectivity index (χ0v) is 16.3. The van der Waals surface area contributed by atoms with Crippen molar-refractivity contribution >= 4 is 5.69 Å². The number of anilines is 1. The van der Waals surface area contributed by atoms with E-state index in [1.54, 1.807) is 7.11 Å². The number of methoxy groups -OCH3 is 1. The highest BCUT2D eigenvalue weighted by Crippen LogP contribution is 2.34. The largest absolute Gasteiger partial charge is 0.496 e. The summed E-state index contributed by atoms with van der Waals surface area (Å²) in [6.45, 7) is 4.80. The molecule has 1 heterocycles. The van der Waals surface area contributed by atoms with E-state index in [9.17, 15) is 0 Å². The van der Waals surface area contributed by atoms with Crippen molar-refractivity contribution in [1.82, 2.24) is 5.32 Å². The first-order valence-electron chi connectivity index (χ1n) is 9.82. The highest BCUT2D eigenvalue weighted by atomic mass is 16.5. The van der Waals surface area contributed by atoms with Gasteiger partial charge in [-0.05, 0) is 61.5 Å². The van der Waals surface area contributed by atoms with Crippen molar-refractivity contribution in [2.75, 3.05) is 25.5 Å². The van der Waals surface area contributed by atoms with Crippen molar-refractivity contribution in [2.24, 2.45) is 0 Å². The molecule has 0 spiro atoms. The summed E-state index contributed by atoms with van der Waals surface area (Å²) >= 11 is 0. The Kier molecular flexibility index (Phi) is 7.17. The minimum Gasteiger partial charge on any atom is -0.496 e. The minimum atomic E-state index is 0.546. The fourth-order valence-corrected chi connectivity index (χ4v) is 3.47. The van der Waals surface area contributed by atoms with Crippen molar-refractivity contribution in [3.8, 4) is 5.75 Å². The molecule has 144 valence electrons. The van der Waals surface area contributed by atoms with Crippen molar-refractivity contribution < 1.29 is 9.47 Å². The first-order chi connectivity index (χ1) is 13.3. The Bertz CT molecular complexity index is 737. The number of piperidine rings is 1. The van der Waals surface area contributed by atoms with Crippen molar-refractivity contribution in [1.29, 1.82) is 0 Å². The summed E-state index contributed by atoms with van der Waals surface area (Å²) < 4.78 is 11.7. The lowest BCUT2D eigenvalue weighted by atomic mass is 9.89. The van der Waals surface area contributed by atoms with Crippen LogP contribution in [0.1, 0.15) is 43.2 Å². The normalized spacial score (nSPS) is 15.4. The SMILES string of the molecule is CC/C=C(\Nc1ccc(C2CCNCC2)c(OC)c1)OCc1ccccc1. The summed E-state index contributed by atoms with van der Waals surface area (Å²) in [6, 6.07) is 16.6. The van der Waals surface area contributed by atoms with E-state index in [1.807, 2.05) is 18.2 Å². The third-order valence-electron chi connectivity index (χ3n) is 4.91. The molecule has 2 aromatic rings. The Balaban J connectivity index is 1.69. The predicted molar refractivity (Wildman–Crippen MR) is 111 cm³/mol. The van der Waals surface area contributed by atoms with Crippen LogP contribution in [0.15, 0.2) is 60.5 Å². The Hall–Kier alpha value is -2.46. The number of hydrogen-bond donors (Lipinski definition) is 2. The van der Waals surface area contributed by atoms with Gasteiger partial charge >= 0.3 is 0 Å². The van der Waals surface area contributed by atoms with Crippen molar-refractivity contribution in [3.05, 3.63) is 71.6 Å². The van der Waals surface area contributed by atoms with Gasteiger partial charge < -0.3 is 20.1 Å². The number of allylic oxidation sites excluding steroid dienone is 1. The van der Waals surface area contributed by atoms with Gasteiger partial charge in [-0.3, -0.25) is 0 Å². The summed E-state index contributed by atoms with van der Waals surface area (Å²) in [4.78, 5) is 0. The maximum Gasteiger partial charge on any atom is 0.187 e. The molecule has 3 rings (SSSR count). The van der Waals surface area contributed by atoms with Gasteiger partial charge in [-0.2, -0.15) is 0 Å². The average Bonchev–Trinajstić information content (AvgIpc) is 2.73. The minimum absolute atomic E-state index is 0.546. The van der Waals surface area contributed by atoms with E-state index in [1.165, 1.54) is 5.56 Å². The summed E-state index contributed by atoms with van der Waals surface area (Å²) in [7, 11) is 1.75. The molecule has 0 saturated carbocycles. The standard InChI is InChI=1S/C23H30N2O2/c1-3-7-23(27-17-18-8-5-4-6-9-18)25-20-10-11-21(22(16-20)26-2)19-12-14-24-15-13-19/h4-11,16,19,24-25H,3,12-15,17H2,1-2H3/b23-7+. The molecule has 0 atom stereocenters. The quantitative estimate of drug-likeness (QED) is 0.642. The number of rotatable bonds is 8. The van der Waals surface area contributed by atoms with E-state index >= 15 is 0 Å². The van der Waals surface area contributed by atoms with Crippen LogP contribution in [-0.4, -0.2) is 20.2 Å². The molecule has 0 aliphatic carbocycles. The summed E-state index contributed by atoms with van der Waals surface area (Å²) in [5, 5.41) is 6.83. The molecule has 0 amide bonds. The molecule has 1 fully saturated rings. The lowest BCUT2D eigenvalue weighted by molar-refractivity contribution is 0.203. The summed E-state index contributed by atoms with van der Waals surface area (Å²) in [5.74, 6) is 2.29. The van der Waals surface area contributed by atoms with E-state index in [4.69, 9.17) is 9.47 Å². The van der Waals surface area contributed by atoms with Gasteiger partial charge in [0.2, 0.25) is 0 Å². The topological polar surface area (TPSA) is 42.5 Å². The Morgan fingerprint density at radius 1 is 1.15 bits per heavy atom. The van der Waals surface area contributed by atoms with Gasteiger partial charge in [0.15, 0.2) is 5.88 Å². The molecule has 4 heteroatoms. The molecule has 27 heavy (non-hydrogen) atoms. The third-order valence-corrected chi connectivity index (χ3v) is 4.91. The first kappa shape index (κ1) is 19.3. The fraction of sp³-hybridized carbons (Fsp3) is 0.391. The van der Waals surface area contributed by atoms with Gasteiger partial charge in [0.25, 0.3) is 0 Å². The molecule has 2 aromatic carbocycles. The van der Waals surface area contributed by atoms with E-state index in [-0.39, 0.29) is 0 Å². The van der Waals surface area contributed by atoms with Crippen molar-refractivity contribution in [3.63, 3.8) is 0 Å². The molecular formula is C23H30N2O2. The van der Waals surface area contributed by atoms with Crippen LogP contribution in [0.3, 0.4) is 0 Å². The lowest BCUT2D eigenvalue weighted by Crippen LogP contribution is -2.26. The van der Waals surface area contributed by atoms with Crippen LogP contribution in [0.4, 0.5) is 5.69 Å². The summed E-state index contributed by atoms with van der Waals surface area (Å²) in [5.41, 5.74) is 3.44. The molecule has 4 nitrogen and oxygen atoms in total. The molecule has 0 radical (unpaired) electrons. The average molecular weight is 367 g/mol. The molecule has 1 saturated heterocycles. The number of nitrogens with one attached hydrogen (secondary N) is 2. The van der Waals surface area contributed by atoms with E-state index < -0.39 is 0 Å². The number of ether oxygens (including phenoxy) is 2. The first-order valence-corrected chi connectivity index (χ1v) is 9.82. The highest BCUT2D eigenvalue weighted by molar-refractivity contribution is 5.55. The Morgan fingerprint density at radius 2 is 1.93 bits per heavy atom. The van der Waals surface area contributed by atoms with Gasteiger partial charge in [0.05, 0.1) is 7.11 Å². The second-order valence-corrected chi connectivity index (χ2v) is 6.86. The van der Waals surface area contributed by atoms with Crippen LogP contribution < -0.4 is 15.4 Å². The van der Waals surface area contributed by atoms with Crippen LogP contribution in [0.5, 0.6) is 5.75 Å². The molecule has 1 aliphatic heterocycles. The lowest BCUT2D eigenvalue weighted by Gasteiger charge is -2.25. The molecule has 2 N–H and O–H groups in total. The molecular weight excluding hydrogens is 336 g/mol. The monoisotopic (exact) mass is 366 g/mol. The Labute approximate surface area is 162 Å². The van der Waals surface area contributed by atoms with Crippen LogP contribution in [0.25, 0.3) is 0 Å². The van der Waals surface area contributed by atoms with Gasteiger partial charge in [-0.25, -0.2) is 0 Å². The summed E-state index contributed by atoms with van der Waals surface area (Å²) in [6.07, 6.45) is 5.28. The van der Waals surface area contributed by atoms with E-state index in [2.05, 4.69) is 54.0 Å². The van der Waals surface area contributed by atoms with Gasteiger partial charge in [-0.1, -0.05) is 43.3 Å². The highest BCUT2D eigenvalue weighted by Gasteiger charge is 2.19. The molecule has 0 aromatic heterocycles. The molecule has 1 aliphatic rings. The molecule has 0 bridgehead atoms. The van der Waals surface area contributed by atoms with Gasteiger partial charge in [-0.15, -0.1) is 0 Å². The van der Waals surface area contributed by atoms with Gasteiger partial charge in [0, 0.05) is 11.8 Å². The molecule has 0 unspecified atom stereocenters. The zero-order valence-electron chi connectivity index (χ0n) is 16.3. The predicted octanol–water partition coefficient (Wildman–Crippen LogP) is 5.04. The maximum absolute atomic E-state index is 5.99. The van der Waals surface area contributed by atoms with Crippen LogP contribution >= 0.6 is 0 Å². The van der Waals surface area contributed by atoms with E-state index in [0.717, 1.165) is 55.2 Å². The number of hydrogen-bond acceptors (Lipinski definition) is 4. The zero-order chi connectivity index (χ0) is 18.9. The van der Waals surface area contributed by atoms with Crippen LogP contribution in [0.2, 0.25) is 0 Å². The second-order valence-electron chi connectivity index (χ2n) is 6.86. The number of benzene rings is 2. The second kappa shape index (κ2) is 10.0. The van der Waals surface area contributed by atoms with Crippen LogP contribution in [0, 0.1) is 0 Å². The Morgan fingerprint density at radius 3 is 2.63 bits per heavy atom. The van der Waals surface area contributed by atoms with Crippen molar-refractivity contribution in [2.45, 2.75) is 38.7 Å². The maximum atomic E-state index is 5.99. The van der Waals surface area contributed by atoms with Gasteiger partial charge in [0.1, 0.15) is 12.4 Å². The van der Waals surface area contributed by atoms with Crippen LogP contribution in [-0.2, 0) is 11.3 Å². The smallest absolute Gasteiger partial charge is 0.187 e. The fourth-order valence-electron chi connectivity index (χ4n) is 3.47. The third kappa shape index (κ3) is 5.51. The van der Waals surface area contributed by atoms with E-state index in [0.29, 0.717) is 12.5 Å².